The van der Waals surface area contributed by atoms with Gasteiger partial charge in [-0.2, -0.15) is 0 Å². The first-order valence-electron chi connectivity index (χ1n) is 6.49. The number of hydrogen-bond donors (Lipinski definition) is 0. The van der Waals surface area contributed by atoms with Gasteiger partial charge in [0.15, 0.2) is 6.29 Å². The highest BCUT2D eigenvalue weighted by molar-refractivity contribution is 5.13. The van der Waals surface area contributed by atoms with Crippen LogP contribution >= 0.6 is 0 Å². The number of hydrogen-bond acceptors (Lipinski definition) is 3. The molecule has 1 fully saturated rings. The van der Waals surface area contributed by atoms with E-state index in [1.807, 2.05) is 18.2 Å². The van der Waals surface area contributed by atoms with Crippen molar-refractivity contribution in [2.24, 2.45) is 0 Å². The summed E-state index contributed by atoms with van der Waals surface area (Å²) in [4.78, 5) is 0. The highest BCUT2D eigenvalue weighted by Crippen LogP contribution is 2.26. The van der Waals surface area contributed by atoms with E-state index in [2.05, 4.69) is 24.3 Å². The first kappa shape index (κ1) is 11.9. The fourth-order valence-electron chi connectivity index (χ4n) is 2.40. The molecule has 2 bridgehead atoms. The summed E-state index contributed by atoms with van der Waals surface area (Å²) in [7, 11) is 0. The van der Waals surface area contributed by atoms with Crippen LogP contribution in [0.1, 0.15) is 18.4 Å². The van der Waals surface area contributed by atoms with Gasteiger partial charge in [-0.05, 0) is 12.0 Å². The largest absolute Gasteiger partial charge is 0.371 e. The third kappa shape index (κ3) is 2.99. The van der Waals surface area contributed by atoms with Gasteiger partial charge in [0.25, 0.3) is 0 Å². The zero-order chi connectivity index (χ0) is 12.2. The summed E-state index contributed by atoms with van der Waals surface area (Å²) in [5, 5.41) is 0. The van der Waals surface area contributed by atoms with E-state index in [-0.39, 0.29) is 12.4 Å². The Balaban J connectivity index is 1.45. The molecule has 2 aliphatic rings. The lowest BCUT2D eigenvalue weighted by Gasteiger charge is -2.36. The summed E-state index contributed by atoms with van der Waals surface area (Å²) < 4.78 is 17.2. The Hall–Kier alpha value is -1.16. The second-order valence-electron chi connectivity index (χ2n) is 4.76. The van der Waals surface area contributed by atoms with Crippen LogP contribution in [-0.2, 0) is 20.8 Å². The van der Waals surface area contributed by atoms with Crippen molar-refractivity contribution in [3.05, 3.63) is 48.0 Å². The molecular weight excluding hydrogens is 228 g/mol. The quantitative estimate of drug-likeness (QED) is 0.764. The second-order valence-corrected chi connectivity index (χ2v) is 4.76. The Bertz CT molecular complexity index is 401. The lowest BCUT2D eigenvalue weighted by atomic mass is 10.0. The van der Waals surface area contributed by atoms with Crippen LogP contribution in [0.15, 0.2) is 42.5 Å². The molecule has 0 aromatic heterocycles. The fraction of sp³-hybridized carbons (Fsp3) is 0.467. The molecule has 3 rings (SSSR count). The molecule has 1 aromatic rings. The van der Waals surface area contributed by atoms with E-state index in [9.17, 15) is 0 Å². The third-order valence-corrected chi connectivity index (χ3v) is 3.28. The van der Waals surface area contributed by atoms with E-state index < -0.39 is 0 Å². The summed E-state index contributed by atoms with van der Waals surface area (Å²) in [6, 6.07) is 10.1. The molecule has 3 heteroatoms. The van der Waals surface area contributed by atoms with E-state index >= 15 is 0 Å². The van der Waals surface area contributed by atoms with E-state index in [4.69, 9.17) is 14.2 Å². The summed E-state index contributed by atoms with van der Waals surface area (Å²) in [5.74, 6) is 0. The summed E-state index contributed by atoms with van der Waals surface area (Å²) in [6.45, 7) is 1.10. The van der Waals surface area contributed by atoms with Crippen LogP contribution in [0.25, 0.3) is 0 Å². The molecule has 0 saturated carbocycles. The van der Waals surface area contributed by atoms with Crippen LogP contribution in [0.2, 0.25) is 0 Å². The van der Waals surface area contributed by atoms with Gasteiger partial charge < -0.3 is 14.2 Å². The Morgan fingerprint density at radius 2 is 2.06 bits per heavy atom. The Morgan fingerprint density at radius 1 is 1.17 bits per heavy atom. The molecule has 1 aromatic carbocycles. The maximum atomic E-state index is 5.80. The molecule has 3 nitrogen and oxygen atoms in total. The lowest BCUT2D eigenvalue weighted by molar-refractivity contribution is -0.252. The molecule has 96 valence electrons. The van der Waals surface area contributed by atoms with Crippen LogP contribution in [0.4, 0.5) is 0 Å². The zero-order valence-corrected chi connectivity index (χ0v) is 10.3. The minimum Gasteiger partial charge on any atom is -0.371 e. The van der Waals surface area contributed by atoms with Crippen molar-refractivity contribution < 1.29 is 14.2 Å². The van der Waals surface area contributed by atoms with Gasteiger partial charge in [-0.1, -0.05) is 42.5 Å². The predicted octanol–water partition coefficient (Wildman–Crippen LogP) is 2.66. The standard InChI is InChI=1S/C15H18O3/c1-2-5-12(6-3-1)10-16-11-15-17-13-7-4-8-14(9-13)18-15/h1-7,13-15H,8-11H2. The maximum Gasteiger partial charge on any atom is 0.181 e. The second kappa shape index (κ2) is 5.65. The van der Waals surface area contributed by atoms with Gasteiger partial charge in [0, 0.05) is 6.42 Å². The molecule has 3 atom stereocenters. The van der Waals surface area contributed by atoms with Gasteiger partial charge in [0.2, 0.25) is 0 Å². The van der Waals surface area contributed by atoms with Crippen LogP contribution in [0.5, 0.6) is 0 Å². The summed E-state index contributed by atoms with van der Waals surface area (Å²) in [6.07, 6.45) is 6.54. The van der Waals surface area contributed by atoms with Crippen molar-refractivity contribution in [3.63, 3.8) is 0 Å². The van der Waals surface area contributed by atoms with Crippen LogP contribution in [0, 0.1) is 0 Å². The van der Waals surface area contributed by atoms with Crippen molar-refractivity contribution >= 4 is 0 Å². The molecule has 18 heavy (non-hydrogen) atoms. The number of rotatable bonds is 4. The number of benzene rings is 1. The Morgan fingerprint density at radius 3 is 2.89 bits per heavy atom. The highest BCUT2D eigenvalue weighted by atomic mass is 16.7. The number of ether oxygens (including phenoxy) is 3. The Labute approximate surface area is 107 Å². The van der Waals surface area contributed by atoms with Gasteiger partial charge in [-0.3, -0.25) is 0 Å². The molecule has 1 saturated heterocycles. The van der Waals surface area contributed by atoms with Crippen molar-refractivity contribution in [1.82, 2.24) is 0 Å². The first-order valence-corrected chi connectivity index (χ1v) is 6.49. The van der Waals surface area contributed by atoms with Crippen LogP contribution < -0.4 is 0 Å². The van der Waals surface area contributed by atoms with Gasteiger partial charge in [0.05, 0.1) is 25.4 Å². The summed E-state index contributed by atoms with van der Waals surface area (Å²) >= 11 is 0. The van der Waals surface area contributed by atoms with Gasteiger partial charge >= 0.3 is 0 Å². The monoisotopic (exact) mass is 246 g/mol. The molecule has 0 amide bonds. The van der Waals surface area contributed by atoms with Crippen molar-refractivity contribution in [2.75, 3.05) is 6.61 Å². The molecule has 1 heterocycles. The normalized spacial score (nSPS) is 30.3. The molecule has 0 N–H and O–H groups in total. The molecule has 1 aliphatic heterocycles. The van der Waals surface area contributed by atoms with E-state index in [1.165, 1.54) is 5.56 Å². The number of fused-ring (bicyclic) bond motifs is 2. The zero-order valence-electron chi connectivity index (χ0n) is 10.3. The van der Waals surface area contributed by atoms with Gasteiger partial charge in [-0.25, -0.2) is 0 Å². The van der Waals surface area contributed by atoms with E-state index in [0.29, 0.717) is 19.3 Å². The Kier molecular flexibility index (Phi) is 3.74. The van der Waals surface area contributed by atoms with Crippen molar-refractivity contribution in [2.45, 2.75) is 37.9 Å². The fourth-order valence-corrected chi connectivity index (χ4v) is 2.40. The topological polar surface area (TPSA) is 27.7 Å². The molecule has 0 radical (unpaired) electrons. The van der Waals surface area contributed by atoms with Crippen LogP contribution in [-0.4, -0.2) is 25.1 Å². The van der Waals surface area contributed by atoms with Crippen molar-refractivity contribution in [1.29, 1.82) is 0 Å². The maximum absolute atomic E-state index is 5.80. The van der Waals surface area contributed by atoms with E-state index in [0.717, 1.165) is 12.8 Å². The molecule has 3 unspecified atom stereocenters. The summed E-state index contributed by atoms with van der Waals surface area (Å²) in [5.41, 5.74) is 1.17. The van der Waals surface area contributed by atoms with Crippen LogP contribution in [0.3, 0.4) is 0 Å². The van der Waals surface area contributed by atoms with Gasteiger partial charge in [0.1, 0.15) is 0 Å². The smallest absolute Gasteiger partial charge is 0.181 e. The predicted molar refractivity (Wildman–Crippen MR) is 68.0 cm³/mol. The van der Waals surface area contributed by atoms with E-state index in [1.54, 1.807) is 0 Å². The highest BCUT2D eigenvalue weighted by Gasteiger charge is 2.30. The minimum absolute atomic E-state index is 0.211. The molecule has 1 aliphatic carbocycles. The average Bonchev–Trinajstić information content (AvgIpc) is 2.40. The molecule has 0 spiro atoms. The third-order valence-electron chi connectivity index (χ3n) is 3.28. The van der Waals surface area contributed by atoms with Gasteiger partial charge in [-0.15, -0.1) is 0 Å². The molecular formula is C15H18O3. The SMILES string of the molecule is C1=CC2CC(C1)OC(COCc1ccccc1)O2. The first-order chi connectivity index (χ1) is 8.90. The average molecular weight is 246 g/mol. The van der Waals surface area contributed by atoms with Crippen molar-refractivity contribution in [3.8, 4) is 0 Å². The lowest BCUT2D eigenvalue weighted by Crippen LogP contribution is -2.41. The minimum atomic E-state index is -0.220.